The minimum absolute atomic E-state index is 0.0389. The Morgan fingerprint density at radius 3 is 2.36 bits per heavy atom. The number of nitrogens with two attached hydrogens (primary N) is 2. The Labute approximate surface area is 244 Å². The standard InChI is InChI=1S/C31H38N8O3/c1-31(2,3)42-30(41)38-20-8-9-21(38)14-22(13-20)39-28-23-12-18(6-10-25(23)35-16-27(28)37(5)29(39)40)19-7-11-26(34-15-19)24(32)17-36(4)33/h6-7,10-12,15-17,20-22H,8-9,13-14,32-33H2,1-5H3/b24-17-. The Morgan fingerprint density at radius 2 is 1.74 bits per heavy atom. The van der Waals surface area contributed by atoms with E-state index in [-0.39, 0.29) is 29.9 Å². The minimum atomic E-state index is -0.552. The van der Waals surface area contributed by atoms with Crippen LogP contribution in [0, 0.1) is 0 Å². The van der Waals surface area contributed by atoms with Crippen molar-refractivity contribution in [1.29, 1.82) is 0 Å². The molecule has 0 spiro atoms. The zero-order valence-electron chi connectivity index (χ0n) is 24.7. The average Bonchev–Trinajstić information content (AvgIpc) is 3.36. The van der Waals surface area contributed by atoms with Gasteiger partial charge in [0.15, 0.2) is 0 Å². The van der Waals surface area contributed by atoms with Gasteiger partial charge in [-0.05, 0) is 70.2 Å². The van der Waals surface area contributed by atoms with Crippen LogP contribution in [0.1, 0.15) is 58.2 Å². The maximum absolute atomic E-state index is 13.8. The van der Waals surface area contributed by atoms with E-state index < -0.39 is 5.60 Å². The number of piperidine rings is 1. The van der Waals surface area contributed by atoms with Gasteiger partial charge in [-0.1, -0.05) is 12.1 Å². The van der Waals surface area contributed by atoms with E-state index in [2.05, 4.69) is 16.0 Å². The number of hydrazine groups is 1. The fraction of sp³-hybridized carbons (Fsp3) is 0.419. The van der Waals surface area contributed by atoms with Gasteiger partial charge in [-0.2, -0.15) is 0 Å². The van der Waals surface area contributed by atoms with E-state index in [1.165, 1.54) is 5.01 Å². The normalized spacial score (nSPS) is 20.9. The van der Waals surface area contributed by atoms with Crippen LogP contribution < -0.4 is 17.3 Å². The third-order valence-electron chi connectivity index (χ3n) is 8.33. The van der Waals surface area contributed by atoms with Gasteiger partial charge in [0.2, 0.25) is 0 Å². The molecule has 2 atom stereocenters. The molecule has 6 rings (SSSR count). The number of aromatic nitrogens is 4. The van der Waals surface area contributed by atoms with Crippen molar-refractivity contribution < 1.29 is 9.53 Å². The van der Waals surface area contributed by atoms with Gasteiger partial charge in [0.25, 0.3) is 0 Å². The van der Waals surface area contributed by atoms with Gasteiger partial charge in [0, 0.05) is 55.6 Å². The van der Waals surface area contributed by atoms with E-state index in [1.807, 2.05) is 54.5 Å². The topological polar surface area (TPSA) is 138 Å². The van der Waals surface area contributed by atoms with Gasteiger partial charge in [0.1, 0.15) is 5.60 Å². The number of pyridine rings is 2. The second kappa shape index (κ2) is 10.2. The van der Waals surface area contributed by atoms with Gasteiger partial charge in [0.05, 0.1) is 34.1 Å². The summed E-state index contributed by atoms with van der Waals surface area (Å²) in [6, 6.07) is 9.94. The van der Waals surface area contributed by atoms with Crippen LogP contribution in [0.15, 0.2) is 53.7 Å². The third kappa shape index (κ3) is 4.87. The number of imidazole rings is 1. The molecule has 0 radical (unpaired) electrons. The molecule has 2 aliphatic heterocycles. The molecule has 2 bridgehead atoms. The van der Waals surface area contributed by atoms with Crippen molar-refractivity contribution in [1.82, 2.24) is 29.0 Å². The van der Waals surface area contributed by atoms with Gasteiger partial charge in [-0.3, -0.25) is 19.1 Å². The fourth-order valence-corrected chi connectivity index (χ4v) is 6.54. The number of carbonyl (C=O) groups excluding carboxylic acids is 1. The number of hydrogen-bond donors (Lipinski definition) is 2. The maximum atomic E-state index is 13.8. The number of fused-ring (bicyclic) bond motifs is 5. The molecular weight excluding hydrogens is 532 g/mol. The molecule has 0 aliphatic carbocycles. The van der Waals surface area contributed by atoms with E-state index in [4.69, 9.17) is 16.3 Å². The van der Waals surface area contributed by atoms with Crippen molar-refractivity contribution in [3.05, 3.63) is 65.1 Å². The molecule has 4 N–H and O–H groups in total. The molecular formula is C31H38N8O3. The number of nitrogens with zero attached hydrogens (tertiary/aromatic N) is 6. The number of hydrogen-bond acceptors (Lipinski definition) is 8. The van der Waals surface area contributed by atoms with Crippen molar-refractivity contribution in [2.24, 2.45) is 18.6 Å². The van der Waals surface area contributed by atoms with Crippen LogP contribution >= 0.6 is 0 Å². The lowest BCUT2D eigenvalue weighted by Gasteiger charge is -2.39. The van der Waals surface area contributed by atoms with E-state index in [0.29, 0.717) is 24.2 Å². The summed E-state index contributed by atoms with van der Waals surface area (Å²) in [6.07, 6.45) is 8.15. The first-order valence-electron chi connectivity index (χ1n) is 14.3. The van der Waals surface area contributed by atoms with Crippen molar-refractivity contribution in [2.45, 2.75) is 70.2 Å². The Balaban J connectivity index is 1.39. The second-order valence-electron chi connectivity index (χ2n) is 12.5. The highest BCUT2D eigenvalue weighted by Gasteiger charge is 2.46. The lowest BCUT2D eigenvalue weighted by Crippen LogP contribution is -2.49. The van der Waals surface area contributed by atoms with Gasteiger partial charge < -0.3 is 20.4 Å². The molecule has 3 aromatic heterocycles. The molecule has 1 aromatic carbocycles. The molecule has 2 aliphatic rings. The molecule has 1 amide bonds. The lowest BCUT2D eigenvalue weighted by molar-refractivity contribution is 0.00298. The number of amides is 1. The van der Waals surface area contributed by atoms with Crippen LogP contribution in [0.3, 0.4) is 0 Å². The summed E-state index contributed by atoms with van der Waals surface area (Å²) >= 11 is 0. The van der Waals surface area contributed by atoms with Crippen molar-refractivity contribution in [3.63, 3.8) is 0 Å². The summed E-state index contributed by atoms with van der Waals surface area (Å²) < 4.78 is 9.35. The Kier molecular flexibility index (Phi) is 6.72. The first-order valence-corrected chi connectivity index (χ1v) is 14.3. The van der Waals surface area contributed by atoms with E-state index >= 15 is 0 Å². The molecule has 5 heterocycles. The Bertz CT molecular complexity index is 1750. The maximum Gasteiger partial charge on any atom is 0.410 e. The highest BCUT2D eigenvalue weighted by molar-refractivity contribution is 6.04. The predicted octanol–water partition coefficient (Wildman–Crippen LogP) is 4.12. The van der Waals surface area contributed by atoms with Gasteiger partial charge >= 0.3 is 11.8 Å². The summed E-state index contributed by atoms with van der Waals surface area (Å²) in [5.74, 6) is 5.68. The van der Waals surface area contributed by atoms with E-state index in [0.717, 1.165) is 45.9 Å². The fourth-order valence-electron chi connectivity index (χ4n) is 6.54. The van der Waals surface area contributed by atoms with Crippen LogP contribution in [-0.4, -0.2) is 59.8 Å². The molecule has 220 valence electrons. The van der Waals surface area contributed by atoms with Crippen LogP contribution in [0.25, 0.3) is 38.8 Å². The summed E-state index contributed by atoms with van der Waals surface area (Å²) in [6.45, 7) is 5.67. The zero-order chi connectivity index (χ0) is 29.9. The van der Waals surface area contributed by atoms with Crippen molar-refractivity contribution in [2.75, 3.05) is 7.05 Å². The number of aryl methyl sites for hydroxylation is 1. The van der Waals surface area contributed by atoms with E-state index in [9.17, 15) is 9.59 Å². The number of benzene rings is 1. The smallest absolute Gasteiger partial charge is 0.410 e. The van der Waals surface area contributed by atoms with E-state index in [1.54, 1.807) is 37.3 Å². The monoisotopic (exact) mass is 570 g/mol. The highest BCUT2D eigenvalue weighted by Crippen LogP contribution is 2.42. The first-order chi connectivity index (χ1) is 19.9. The average molecular weight is 571 g/mol. The molecule has 2 saturated heterocycles. The number of ether oxygens (including phenoxy) is 1. The van der Waals surface area contributed by atoms with Crippen molar-refractivity contribution >= 4 is 33.7 Å². The number of carbonyl (C=O) groups is 1. The third-order valence-corrected chi connectivity index (χ3v) is 8.33. The number of rotatable bonds is 4. The summed E-state index contributed by atoms with van der Waals surface area (Å²) in [5, 5.41) is 2.29. The molecule has 0 saturated carbocycles. The van der Waals surface area contributed by atoms with Gasteiger partial charge in [-0.15, -0.1) is 0 Å². The highest BCUT2D eigenvalue weighted by atomic mass is 16.6. The van der Waals surface area contributed by atoms with Gasteiger partial charge in [-0.25, -0.2) is 15.4 Å². The predicted molar refractivity (Wildman–Crippen MR) is 163 cm³/mol. The molecule has 2 unspecified atom stereocenters. The zero-order valence-corrected chi connectivity index (χ0v) is 24.7. The Morgan fingerprint density at radius 1 is 1.05 bits per heavy atom. The molecule has 4 aromatic rings. The van der Waals surface area contributed by atoms with Crippen molar-refractivity contribution in [3.8, 4) is 11.1 Å². The molecule has 11 heteroatoms. The van der Waals surface area contributed by atoms with Crippen LogP contribution in [-0.2, 0) is 11.8 Å². The first kappa shape index (κ1) is 27.8. The lowest BCUT2D eigenvalue weighted by atomic mass is 9.97. The van der Waals surface area contributed by atoms with Crippen LogP contribution in [0.4, 0.5) is 4.79 Å². The largest absolute Gasteiger partial charge is 0.444 e. The quantitative estimate of drug-likeness (QED) is 0.276. The Hall–Kier alpha value is -4.38. The second-order valence-corrected chi connectivity index (χ2v) is 12.5. The SMILES string of the molecule is CN(N)/C=C(\N)c1ccc(-c2ccc3ncc4c(c3c2)n(C2CC3CCC(C2)N3C(=O)OC(C)(C)C)c(=O)n4C)cn1. The minimum Gasteiger partial charge on any atom is -0.444 e. The molecule has 11 nitrogen and oxygen atoms in total. The summed E-state index contributed by atoms with van der Waals surface area (Å²) in [5.41, 5.74) is 10.9. The summed E-state index contributed by atoms with van der Waals surface area (Å²) in [7, 11) is 3.49. The van der Waals surface area contributed by atoms with Crippen LogP contribution in [0.2, 0.25) is 0 Å². The molecule has 2 fully saturated rings. The van der Waals surface area contributed by atoms with Crippen LogP contribution in [0.5, 0.6) is 0 Å². The summed E-state index contributed by atoms with van der Waals surface area (Å²) in [4.78, 5) is 37.9. The molecule has 42 heavy (non-hydrogen) atoms.